The van der Waals surface area contributed by atoms with Gasteiger partial charge in [-0.25, -0.2) is 14.4 Å². The number of fused-ring (bicyclic) bond motifs is 1. The summed E-state index contributed by atoms with van der Waals surface area (Å²) in [4.78, 5) is 13.8. The van der Waals surface area contributed by atoms with Gasteiger partial charge in [0.05, 0.1) is 5.39 Å². The van der Waals surface area contributed by atoms with E-state index < -0.39 is 5.67 Å². The van der Waals surface area contributed by atoms with E-state index >= 15 is 4.39 Å². The van der Waals surface area contributed by atoms with Crippen LogP contribution in [0, 0.1) is 18.3 Å². The summed E-state index contributed by atoms with van der Waals surface area (Å²) >= 11 is 1.58. The number of thiophene rings is 1. The highest BCUT2D eigenvalue weighted by Crippen LogP contribution is 2.52. The number of hydrogen-bond acceptors (Lipinski definition) is 4. The van der Waals surface area contributed by atoms with Gasteiger partial charge in [0.1, 0.15) is 16.5 Å². The SMILES string of the molecule is C=C(C)C(F)(/C=C/C)Cc1cc2c(N3CCC4(CC(C)C4)C3)nc(C)nc2s1. The van der Waals surface area contributed by atoms with Crippen LogP contribution in [-0.4, -0.2) is 28.7 Å². The normalized spacial score (nSPS) is 26.9. The predicted molar refractivity (Wildman–Crippen MR) is 117 cm³/mol. The Balaban J connectivity index is 1.67. The summed E-state index contributed by atoms with van der Waals surface area (Å²) < 4.78 is 15.4. The number of anilines is 1. The van der Waals surface area contributed by atoms with Gasteiger partial charge >= 0.3 is 0 Å². The molecule has 1 unspecified atom stereocenters. The van der Waals surface area contributed by atoms with Crippen LogP contribution in [0.3, 0.4) is 0 Å². The average molecular weight is 400 g/mol. The summed E-state index contributed by atoms with van der Waals surface area (Å²) in [5.74, 6) is 2.68. The van der Waals surface area contributed by atoms with E-state index in [0.29, 0.717) is 17.4 Å². The third-order valence-corrected chi connectivity index (χ3v) is 7.44. The highest BCUT2D eigenvalue weighted by atomic mass is 32.1. The molecule has 3 heterocycles. The van der Waals surface area contributed by atoms with E-state index in [2.05, 4.69) is 29.5 Å². The molecule has 1 spiro atoms. The van der Waals surface area contributed by atoms with Crippen molar-refractivity contribution < 1.29 is 4.39 Å². The Morgan fingerprint density at radius 1 is 1.46 bits per heavy atom. The maximum Gasteiger partial charge on any atom is 0.154 e. The molecular formula is C23H30FN3S. The van der Waals surface area contributed by atoms with Crippen molar-refractivity contribution in [3.63, 3.8) is 0 Å². The first-order valence-electron chi connectivity index (χ1n) is 10.2. The van der Waals surface area contributed by atoms with Gasteiger partial charge in [0.15, 0.2) is 5.67 Å². The van der Waals surface area contributed by atoms with Gasteiger partial charge < -0.3 is 4.90 Å². The smallest absolute Gasteiger partial charge is 0.154 e. The Morgan fingerprint density at radius 3 is 2.86 bits per heavy atom. The maximum absolute atomic E-state index is 15.4. The fraction of sp³-hybridized carbons (Fsp3) is 0.565. The van der Waals surface area contributed by atoms with Crippen LogP contribution in [0.5, 0.6) is 0 Å². The van der Waals surface area contributed by atoms with Gasteiger partial charge in [-0.05, 0) is 69.1 Å². The first-order chi connectivity index (χ1) is 13.2. The molecule has 1 aliphatic carbocycles. The first kappa shape index (κ1) is 19.6. The number of aryl methyl sites for hydroxylation is 1. The largest absolute Gasteiger partial charge is 0.355 e. The van der Waals surface area contributed by atoms with Gasteiger partial charge in [-0.15, -0.1) is 11.3 Å². The molecule has 0 amide bonds. The molecule has 2 fully saturated rings. The maximum atomic E-state index is 15.4. The van der Waals surface area contributed by atoms with Crippen LogP contribution in [0.25, 0.3) is 10.2 Å². The molecule has 1 saturated heterocycles. The molecule has 0 radical (unpaired) electrons. The second-order valence-electron chi connectivity index (χ2n) is 9.03. The third kappa shape index (κ3) is 3.38. The van der Waals surface area contributed by atoms with Crippen LogP contribution in [-0.2, 0) is 6.42 Å². The predicted octanol–water partition coefficient (Wildman–Crippen LogP) is 6.03. The van der Waals surface area contributed by atoms with E-state index in [9.17, 15) is 0 Å². The van der Waals surface area contributed by atoms with Crippen LogP contribution >= 0.6 is 11.3 Å². The number of alkyl halides is 1. The second kappa shape index (κ2) is 6.94. The first-order valence-corrected chi connectivity index (χ1v) is 11.1. The summed E-state index contributed by atoms with van der Waals surface area (Å²) in [6, 6.07) is 2.10. The molecule has 2 aromatic heterocycles. The Morgan fingerprint density at radius 2 is 2.21 bits per heavy atom. The van der Waals surface area contributed by atoms with Crippen LogP contribution in [0.1, 0.15) is 50.7 Å². The number of hydrogen-bond donors (Lipinski definition) is 0. The van der Waals surface area contributed by atoms with Crippen molar-refractivity contribution in [3.05, 3.63) is 41.1 Å². The van der Waals surface area contributed by atoms with Gasteiger partial charge in [-0.2, -0.15) is 0 Å². The minimum Gasteiger partial charge on any atom is -0.355 e. The van der Waals surface area contributed by atoms with Gasteiger partial charge in [0.2, 0.25) is 0 Å². The van der Waals surface area contributed by atoms with Crippen molar-refractivity contribution in [1.82, 2.24) is 9.97 Å². The van der Waals surface area contributed by atoms with Crippen LogP contribution in [0.2, 0.25) is 0 Å². The van der Waals surface area contributed by atoms with E-state index in [1.54, 1.807) is 30.4 Å². The van der Waals surface area contributed by atoms with Gasteiger partial charge in [-0.1, -0.05) is 19.6 Å². The minimum absolute atomic E-state index is 0.299. The molecule has 1 aliphatic heterocycles. The van der Waals surface area contributed by atoms with Crippen molar-refractivity contribution in [2.45, 2.75) is 59.0 Å². The second-order valence-corrected chi connectivity index (χ2v) is 10.1. The lowest BCUT2D eigenvalue weighted by atomic mass is 9.62. The van der Waals surface area contributed by atoms with Crippen LogP contribution in [0.4, 0.5) is 10.2 Å². The highest BCUT2D eigenvalue weighted by molar-refractivity contribution is 7.18. The Labute approximate surface area is 171 Å². The van der Waals surface area contributed by atoms with Crippen molar-refractivity contribution >= 4 is 27.4 Å². The molecule has 1 saturated carbocycles. The molecular weight excluding hydrogens is 369 g/mol. The zero-order valence-corrected chi connectivity index (χ0v) is 18.2. The standard InChI is InChI=1S/C23H30FN3S/c1-6-7-23(24,15(2)3)13-18-10-19-20(25-17(5)26-21(19)28-18)27-9-8-22(14-27)11-16(4)12-22/h6-7,10,16H,2,8-9,11-14H2,1,3-5H3/b7-6+. The average Bonchev–Trinajstić information content (AvgIpc) is 3.18. The van der Waals surface area contributed by atoms with Gasteiger partial charge in [-0.3, -0.25) is 0 Å². The molecule has 2 aliphatic rings. The topological polar surface area (TPSA) is 29.0 Å². The molecule has 5 heteroatoms. The summed E-state index contributed by atoms with van der Waals surface area (Å²) in [5.41, 5.74) is -0.493. The zero-order valence-electron chi connectivity index (χ0n) is 17.4. The number of allylic oxidation sites excluding steroid dienone is 3. The fourth-order valence-electron chi connectivity index (χ4n) is 5.13. The van der Waals surface area contributed by atoms with Crippen molar-refractivity contribution in [1.29, 1.82) is 0 Å². The van der Waals surface area contributed by atoms with E-state index in [0.717, 1.165) is 45.7 Å². The lowest BCUT2D eigenvalue weighted by molar-refractivity contribution is 0.0917. The fourth-order valence-corrected chi connectivity index (χ4v) is 6.27. The van der Waals surface area contributed by atoms with E-state index in [1.165, 1.54) is 19.3 Å². The summed E-state index contributed by atoms with van der Waals surface area (Å²) in [6.07, 6.45) is 7.59. The molecule has 0 N–H and O–H groups in total. The number of nitrogens with zero attached hydrogens (tertiary/aromatic N) is 3. The third-order valence-electron chi connectivity index (χ3n) is 6.41. The van der Waals surface area contributed by atoms with Crippen molar-refractivity contribution in [3.8, 4) is 0 Å². The van der Waals surface area contributed by atoms with Gasteiger partial charge in [0, 0.05) is 24.4 Å². The highest BCUT2D eigenvalue weighted by Gasteiger charge is 2.47. The molecule has 150 valence electrons. The Bertz CT molecular complexity index is 941. The molecule has 0 bridgehead atoms. The minimum atomic E-state index is -1.52. The van der Waals surface area contributed by atoms with E-state index in [1.807, 2.05) is 13.8 Å². The van der Waals surface area contributed by atoms with E-state index in [-0.39, 0.29) is 0 Å². The number of aromatic nitrogens is 2. The lowest BCUT2D eigenvalue weighted by Crippen LogP contribution is -2.38. The van der Waals surface area contributed by atoms with Crippen LogP contribution in [0.15, 0.2) is 30.4 Å². The van der Waals surface area contributed by atoms with Crippen LogP contribution < -0.4 is 4.90 Å². The monoisotopic (exact) mass is 399 g/mol. The molecule has 0 aromatic carbocycles. The molecule has 1 atom stereocenters. The van der Waals surface area contributed by atoms with E-state index in [4.69, 9.17) is 4.98 Å². The van der Waals surface area contributed by atoms with Crippen molar-refractivity contribution in [2.75, 3.05) is 18.0 Å². The number of halogens is 1. The Hall–Kier alpha value is -1.75. The Kier molecular flexibility index (Phi) is 4.85. The summed E-state index contributed by atoms with van der Waals surface area (Å²) in [6.45, 7) is 13.9. The molecule has 2 aromatic rings. The summed E-state index contributed by atoms with van der Waals surface area (Å²) in [5, 5.41) is 1.07. The van der Waals surface area contributed by atoms with Gasteiger partial charge in [0.25, 0.3) is 0 Å². The molecule has 3 nitrogen and oxygen atoms in total. The lowest BCUT2D eigenvalue weighted by Gasteiger charge is -2.43. The number of rotatable bonds is 5. The summed E-state index contributed by atoms with van der Waals surface area (Å²) in [7, 11) is 0. The van der Waals surface area contributed by atoms with Crippen molar-refractivity contribution in [2.24, 2.45) is 11.3 Å². The quantitative estimate of drug-likeness (QED) is 0.575. The molecule has 28 heavy (non-hydrogen) atoms. The molecule has 4 rings (SSSR count). The zero-order chi connectivity index (χ0) is 20.1.